The minimum absolute atomic E-state index is 0.0904. The van der Waals surface area contributed by atoms with Crippen molar-refractivity contribution in [2.24, 2.45) is 0 Å². The largest absolute Gasteiger partial charge is 0.356 e. The second-order valence-corrected chi connectivity index (χ2v) is 8.52. The highest BCUT2D eigenvalue weighted by atomic mass is 32.2. The second-order valence-electron chi connectivity index (χ2n) is 7.10. The normalized spacial score (nSPS) is 12.2. The highest BCUT2D eigenvalue weighted by Gasteiger charge is 2.16. The van der Waals surface area contributed by atoms with Gasteiger partial charge in [0.05, 0.1) is 25.5 Å². The Morgan fingerprint density at radius 3 is 2.32 bits per heavy atom. The van der Waals surface area contributed by atoms with Crippen LogP contribution in [0.1, 0.15) is 44.6 Å². The van der Waals surface area contributed by atoms with E-state index in [1.165, 1.54) is 12.1 Å². The fourth-order valence-electron chi connectivity index (χ4n) is 2.70. The first-order chi connectivity index (χ1) is 11.6. The van der Waals surface area contributed by atoms with Crippen molar-refractivity contribution in [3.05, 3.63) is 29.8 Å². The summed E-state index contributed by atoms with van der Waals surface area (Å²) in [4.78, 5) is 11.6. The zero-order valence-corrected chi connectivity index (χ0v) is 16.3. The minimum atomic E-state index is -4.14. The van der Waals surface area contributed by atoms with E-state index in [1.54, 1.807) is 12.1 Å². The van der Waals surface area contributed by atoms with E-state index in [2.05, 4.69) is 26.3 Å². The highest BCUT2D eigenvalue weighted by molar-refractivity contribution is 7.85. The maximum Gasteiger partial charge on any atom is 0.294 e. The van der Waals surface area contributed by atoms with Crippen molar-refractivity contribution in [1.82, 2.24) is 5.32 Å². The Hall–Kier alpha value is -1.44. The molecule has 0 aliphatic rings. The number of nitrogens with zero attached hydrogens (tertiary/aromatic N) is 1. The predicted molar refractivity (Wildman–Crippen MR) is 98.7 cm³/mol. The summed E-state index contributed by atoms with van der Waals surface area (Å²) < 4.78 is 31.9. The van der Waals surface area contributed by atoms with Crippen LogP contribution in [-0.4, -0.2) is 50.5 Å². The molecule has 0 aliphatic heterocycles. The molecule has 0 fully saturated rings. The van der Waals surface area contributed by atoms with Crippen LogP contribution in [0.25, 0.3) is 0 Å². The number of rotatable bonds is 11. The van der Waals surface area contributed by atoms with Crippen LogP contribution in [-0.2, 0) is 21.5 Å². The summed E-state index contributed by atoms with van der Waals surface area (Å²) in [5.74, 6) is 0.125. The van der Waals surface area contributed by atoms with Gasteiger partial charge in [-0.05, 0) is 18.6 Å². The molecule has 1 aromatic carbocycles. The summed E-state index contributed by atoms with van der Waals surface area (Å²) in [7, 11) is 0.0510. The van der Waals surface area contributed by atoms with E-state index >= 15 is 0 Å². The molecule has 0 radical (unpaired) electrons. The average Bonchev–Trinajstić information content (AvgIpc) is 2.51. The zero-order chi connectivity index (χ0) is 18.9. The van der Waals surface area contributed by atoms with Gasteiger partial charge < -0.3 is 9.80 Å². The molecule has 0 saturated carbocycles. The zero-order valence-electron chi connectivity index (χ0n) is 15.5. The summed E-state index contributed by atoms with van der Waals surface area (Å²) in [5, 5.41) is 2.96. The standard InChI is InChI=1S/C18H30N2O4S/c1-4-5-6-8-18(21)19-13-7-14-20(2,3)15-16-9-11-17(12-10-16)25(22,23)24/h9-12H,4-8,13-15H2,1-3H3,(H-,19,21,22,23,24)/p+1. The molecule has 6 nitrogen and oxygen atoms in total. The summed E-state index contributed by atoms with van der Waals surface area (Å²) in [5.41, 5.74) is 1.00. The van der Waals surface area contributed by atoms with E-state index in [4.69, 9.17) is 4.55 Å². The van der Waals surface area contributed by atoms with Crippen LogP contribution >= 0.6 is 0 Å². The van der Waals surface area contributed by atoms with Crippen molar-refractivity contribution in [2.75, 3.05) is 27.2 Å². The Labute approximate surface area is 151 Å². The van der Waals surface area contributed by atoms with Crippen LogP contribution in [0.15, 0.2) is 29.2 Å². The lowest BCUT2D eigenvalue weighted by Crippen LogP contribution is -2.41. The molecule has 0 aromatic heterocycles. The molecule has 25 heavy (non-hydrogen) atoms. The number of hydrogen-bond donors (Lipinski definition) is 2. The number of amides is 1. The van der Waals surface area contributed by atoms with E-state index in [0.717, 1.165) is 48.8 Å². The molecule has 1 rings (SSSR count). The van der Waals surface area contributed by atoms with E-state index in [9.17, 15) is 13.2 Å². The van der Waals surface area contributed by atoms with Gasteiger partial charge >= 0.3 is 0 Å². The first kappa shape index (κ1) is 21.6. The van der Waals surface area contributed by atoms with Crippen molar-refractivity contribution < 1.29 is 22.2 Å². The van der Waals surface area contributed by atoms with Gasteiger partial charge in [-0.2, -0.15) is 8.42 Å². The van der Waals surface area contributed by atoms with Crippen molar-refractivity contribution in [2.45, 2.75) is 50.5 Å². The maximum atomic E-state index is 11.7. The summed E-state index contributed by atoms with van der Waals surface area (Å²) in [6.07, 6.45) is 4.64. The molecular weight excluding hydrogens is 340 g/mol. The van der Waals surface area contributed by atoms with Crippen molar-refractivity contribution in [3.8, 4) is 0 Å². The van der Waals surface area contributed by atoms with Gasteiger partial charge in [-0.1, -0.05) is 31.9 Å². The molecule has 0 saturated heterocycles. The number of benzene rings is 1. The Morgan fingerprint density at radius 1 is 1.12 bits per heavy atom. The van der Waals surface area contributed by atoms with Gasteiger partial charge in [0.15, 0.2) is 0 Å². The van der Waals surface area contributed by atoms with Crippen LogP contribution in [0.2, 0.25) is 0 Å². The third kappa shape index (κ3) is 9.00. The quantitative estimate of drug-likeness (QED) is 0.356. The predicted octanol–water partition coefficient (Wildman–Crippen LogP) is 2.60. The number of hydrogen-bond acceptors (Lipinski definition) is 3. The molecular formula is C18H31N2O4S+. The van der Waals surface area contributed by atoms with Crippen molar-refractivity contribution >= 4 is 16.0 Å². The van der Waals surface area contributed by atoms with Crippen LogP contribution in [0.5, 0.6) is 0 Å². The molecule has 1 aromatic rings. The van der Waals surface area contributed by atoms with Crippen LogP contribution in [0.4, 0.5) is 0 Å². The maximum absolute atomic E-state index is 11.7. The number of quaternary nitrogens is 1. The third-order valence-electron chi connectivity index (χ3n) is 4.10. The third-order valence-corrected chi connectivity index (χ3v) is 4.97. The Morgan fingerprint density at radius 2 is 1.76 bits per heavy atom. The van der Waals surface area contributed by atoms with Crippen LogP contribution in [0, 0.1) is 0 Å². The SMILES string of the molecule is CCCCCC(=O)NCCC[N+](C)(C)Cc1ccc(S(=O)(=O)O)cc1. The molecule has 7 heteroatoms. The molecule has 0 aliphatic carbocycles. The molecule has 2 N–H and O–H groups in total. The Bertz CT molecular complexity index is 640. The Balaban J connectivity index is 2.37. The van der Waals surface area contributed by atoms with E-state index in [0.29, 0.717) is 13.0 Å². The van der Waals surface area contributed by atoms with Crippen LogP contribution < -0.4 is 5.32 Å². The van der Waals surface area contributed by atoms with Crippen LogP contribution in [0.3, 0.4) is 0 Å². The molecule has 0 bridgehead atoms. The van der Waals surface area contributed by atoms with Gasteiger partial charge in [-0.3, -0.25) is 9.35 Å². The lowest BCUT2D eigenvalue weighted by molar-refractivity contribution is -0.903. The molecule has 1 amide bonds. The summed E-state index contributed by atoms with van der Waals surface area (Å²) in [6.45, 7) is 4.44. The summed E-state index contributed by atoms with van der Waals surface area (Å²) in [6, 6.07) is 6.28. The number of carbonyl (C=O) groups excluding carboxylic acids is 1. The van der Waals surface area contributed by atoms with Crippen molar-refractivity contribution in [3.63, 3.8) is 0 Å². The van der Waals surface area contributed by atoms with Gasteiger partial charge in [0.1, 0.15) is 6.54 Å². The van der Waals surface area contributed by atoms with Crippen molar-refractivity contribution in [1.29, 1.82) is 0 Å². The summed E-state index contributed by atoms with van der Waals surface area (Å²) >= 11 is 0. The first-order valence-corrected chi connectivity index (χ1v) is 10.2. The topological polar surface area (TPSA) is 83.5 Å². The lowest BCUT2D eigenvalue weighted by atomic mass is 10.2. The van der Waals surface area contributed by atoms with E-state index in [-0.39, 0.29) is 10.8 Å². The average molecular weight is 372 g/mol. The fourth-order valence-corrected chi connectivity index (χ4v) is 3.18. The van der Waals surface area contributed by atoms with E-state index in [1.807, 2.05) is 0 Å². The number of carbonyl (C=O) groups is 1. The number of unbranched alkanes of at least 4 members (excludes halogenated alkanes) is 2. The number of nitrogens with one attached hydrogen (secondary N) is 1. The second kappa shape index (κ2) is 9.89. The Kier molecular flexibility index (Phi) is 8.55. The molecule has 0 unspecified atom stereocenters. The van der Waals surface area contributed by atoms with Gasteiger partial charge in [-0.15, -0.1) is 0 Å². The van der Waals surface area contributed by atoms with Gasteiger partial charge in [0.2, 0.25) is 5.91 Å². The molecule has 0 heterocycles. The monoisotopic (exact) mass is 371 g/mol. The van der Waals surface area contributed by atoms with Gasteiger partial charge in [0.25, 0.3) is 10.1 Å². The molecule has 142 valence electrons. The molecule has 0 spiro atoms. The highest BCUT2D eigenvalue weighted by Crippen LogP contribution is 2.14. The molecule has 0 atom stereocenters. The smallest absolute Gasteiger partial charge is 0.294 e. The first-order valence-electron chi connectivity index (χ1n) is 8.79. The van der Waals surface area contributed by atoms with Gasteiger partial charge in [0, 0.05) is 24.9 Å². The van der Waals surface area contributed by atoms with E-state index < -0.39 is 10.1 Å². The fraction of sp³-hybridized carbons (Fsp3) is 0.611. The van der Waals surface area contributed by atoms with Gasteiger partial charge in [-0.25, -0.2) is 0 Å². The lowest BCUT2D eigenvalue weighted by Gasteiger charge is -2.30. The minimum Gasteiger partial charge on any atom is -0.356 e.